The average Bonchev–Trinajstić information content (AvgIpc) is 2.50. The van der Waals surface area contributed by atoms with Crippen molar-refractivity contribution < 1.29 is 9.53 Å². The van der Waals surface area contributed by atoms with Gasteiger partial charge in [-0.25, -0.2) is 0 Å². The highest BCUT2D eigenvalue weighted by molar-refractivity contribution is 5.71. The molecular formula is C12H19NO2. The van der Waals surface area contributed by atoms with Crippen molar-refractivity contribution in [2.45, 2.75) is 20.8 Å². The van der Waals surface area contributed by atoms with E-state index in [1.807, 2.05) is 50.6 Å². The number of carbonyl (C=O) groups is 1. The van der Waals surface area contributed by atoms with Crippen molar-refractivity contribution in [3.8, 4) is 0 Å². The van der Waals surface area contributed by atoms with Gasteiger partial charge in [-0.3, -0.25) is 4.79 Å². The number of carbonyl (C=O) groups excluding carboxylic acids is 1. The highest BCUT2D eigenvalue weighted by Gasteiger charge is 2.04. The average molecular weight is 209 g/mol. The maximum atomic E-state index is 10.5. The molecule has 0 saturated heterocycles. The highest BCUT2D eigenvalue weighted by Crippen LogP contribution is 1.93. The Kier molecular flexibility index (Phi) is 8.15. The molecule has 0 fully saturated rings. The van der Waals surface area contributed by atoms with Gasteiger partial charge < -0.3 is 10.1 Å². The Bertz CT molecular complexity index is 238. The zero-order chi connectivity index (χ0) is 11.5. The lowest BCUT2D eigenvalue weighted by Gasteiger charge is -2.01. The molecule has 0 atom stereocenters. The maximum absolute atomic E-state index is 10.5. The molecule has 1 N–H and O–H groups in total. The molecule has 0 aliphatic carbocycles. The quantitative estimate of drug-likeness (QED) is 0.710. The third-order valence-electron chi connectivity index (χ3n) is 1.48. The fraction of sp³-hybridized carbons (Fsp3) is 0.417. The molecule has 1 aliphatic rings. The summed E-state index contributed by atoms with van der Waals surface area (Å²) >= 11 is 0. The summed E-state index contributed by atoms with van der Waals surface area (Å²) in [5, 5.41) is 2.92. The van der Waals surface area contributed by atoms with E-state index in [-0.39, 0.29) is 11.9 Å². The van der Waals surface area contributed by atoms with Gasteiger partial charge in [0.05, 0.1) is 12.5 Å². The second-order valence-corrected chi connectivity index (χ2v) is 3.18. The summed E-state index contributed by atoms with van der Waals surface area (Å²) in [7, 11) is 0. The van der Waals surface area contributed by atoms with Gasteiger partial charge in [0.15, 0.2) is 0 Å². The fourth-order valence-corrected chi connectivity index (χ4v) is 0.715. The number of hydrogen-bond acceptors (Lipinski definition) is 3. The van der Waals surface area contributed by atoms with Gasteiger partial charge in [-0.1, -0.05) is 26.0 Å². The van der Waals surface area contributed by atoms with E-state index in [4.69, 9.17) is 0 Å². The topological polar surface area (TPSA) is 38.3 Å². The van der Waals surface area contributed by atoms with Gasteiger partial charge in [-0.05, 0) is 19.1 Å². The lowest BCUT2D eigenvalue weighted by molar-refractivity contribution is -0.146. The van der Waals surface area contributed by atoms with Crippen LogP contribution in [0.25, 0.3) is 0 Å². The predicted octanol–water partition coefficient (Wildman–Crippen LogP) is 2.38. The minimum absolute atomic E-state index is 0.00921. The standard InChI is InChI=1S/C6H7N.C6H12O2/c1-2-4-6-7-5-3-1;1-4-8-6(7)5(2)3/h1-7H;5H,4H2,1-3H3. The molecule has 0 saturated carbocycles. The number of esters is 1. The van der Waals surface area contributed by atoms with Crippen molar-refractivity contribution in [3.63, 3.8) is 0 Å². The second kappa shape index (κ2) is 9.06. The van der Waals surface area contributed by atoms with Crippen molar-refractivity contribution >= 4 is 5.97 Å². The number of hydrogen-bond donors (Lipinski definition) is 1. The van der Waals surface area contributed by atoms with Crippen LogP contribution in [-0.2, 0) is 9.53 Å². The smallest absolute Gasteiger partial charge is 0.308 e. The molecule has 0 aromatic carbocycles. The molecular weight excluding hydrogens is 190 g/mol. The molecule has 3 nitrogen and oxygen atoms in total. The summed E-state index contributed by atoms with van der Waals surface area (Å²) < 4.78 is 4.66. The van der Waals surface area contributed by atoms with Crippen molar-refractivity contribution in [1.29, 1.82) is 0 Å². The Hall–Kier alpha value is -1.51. The highest BCUT2D eigenvalue weighted by atomic mass is 16.5. The van der Waals surface area contributed by atoms with Gasteiger partial charge in [0, 0.05) is 12.4 Å². The molecule has 1 heterocycles. The summed E-state index contributed by atoms with van der Waals surface area (Å²) in [4.78, 5) is 10.5. The summed E-state index contributed by atoms with van der Waals surface area (Å²) in [6.07, 6.45) is 11.6. The van der Waals surface area contributed by atoms with E-state index < -0.39 is 0 Å². The van der Waals surface area contributed by atoms with E-state index in [2.05, 4.69) is 10.1 Å². The first-order chi connectivity index (χ1) is 7.18. The molecule has 0 aromatic rings. The third kappa shape index (κ3) is 8.81. The van der Waals surface area contributed by atoms with Crippen molar-refractivity contribution in [2.75, 3.05) is 6.61 Å². The second-order valence-electron chi connectivity index (χ2n) is 3.18. The lowest BCUT2D eigenvalue weighted by atomic mass is 10.2. The predicted molar refractivity (Wildman–Crippen MR) is 62.0 cm³/mol. The van der Waals surface area contributed by atoms with Gasteiger partial charge in [0.25, 0.3) is 0 Å². The minimum Gasteiger partial charge on any atom is -0.466 e. The molecule has 15 heavy (non-hydrogen) atoms. The van der Waals surface area contributed by atoms with Crippen LogP contribution in [0.3, 0.4) is 0 Å². The zero-order valence-corrected chi connectivity index (χ0v) is 9.57. The molecule has 0 aromatic heterocycles. The maximum Gasteiger partial charge on any atom is 0.308 e. The van der Waals surface area contributed by atoms with E-state index in [9.17, 15) is 4.79 Å². The molecule has 3 heteroatoms. The summed E-state index contributed by atoms with van der Waals surface area (Å²) in [6, 6.07) is 0. The van der Waals surface area contributed by atoms with Crippen LogP contribution in [-0.4, -0.2) is 12.6 Å². The molecule has 0 amide bonds. The van der Waals surface area contributed by atoms with Crippen molar-refractivity contribution in [2.24, 2.45) is 5.92 Å². The summed E-state index contributed by atoms with van der Waals surface area (Å²) in [6.45, 7) is 5.92. The Labute approximate surface area is 91.5 Å². The summed E-state index contributed by atoms with van der Waals surface area (Å²) in [5.74, 6) is -0.109. The SMILES string of the molecule is C1=CC=CNC=C1.CCOC(=O)C(C)C. The van der Waals surface area contributed by atoms with Gasteiger partial charge in [0.2, 0.25) is 0 Å². The van der Waals surface area contributed by atoms with Crippen molar-refractivity contribution in [1.82, 2.24) is 5.32 Å². The molecule has 0 unspecified atom stereocenters. The molecule has 0 bridgehead atoms. The molecule has 1 aliphatic heterocycles. The van der Waals surface area contributed by atoms with Crippen LogP contribution in [0.5, 0.6) is 0 Å². The van der Waals surface area contributed by atoms with Crippen LogP contribution in [0.1, 0.15) is 20.8 Å². The third-order valence-corrected chi connectivity index (χ3v) is 1.48. The number of rotatable bonds is 2. The first-order valence-electron chi connectivity index (χ1n) is 5.09. The minimum atomic E-state index is -0.118. The number of nitrogens with one attached hydrogen (secondary N) is 1. The fourth-order valence-electron chi connectivity index (χ4n) is 0.715. The van der Waals surface area contributed by atoms with E-state index in [1.54, 1.807) is 6.92 Å². The lowest BCUT2D eigenvalue weighted by Crippen LogP contribution is -2.10. The van der Waals surface area contributed by atoms with E-state index in [0.29, 0.717) is 6.61 Å². The van der Waals surface area contributed by atoms with Crippen LogP contribution in [0, 0.1) is 5.92 Å². The van der Waals surface area contributed by atoms with Gasteiger partial charge in [-0.15, -0.1) is 0 Å². The monoisotopic (exact) mass is 209 g/mol. The number of ether oxygens (including phenoxy) is 1. The zero-order valence-electron chi connectivity index (χ0n) is 9.57. The largest absolute Gasteiger partial charge is 0.466 e. The Morgan fingerprint density at radius 3 is 2.07 bits per heavy atom. The van der Waals surface area contributed by atoms with Crippen LogP contribution in [0.4, 0.5) is 0 Å². The van der Waals surface area contributed by atoms with Crippen LogP contribution < -0.4 is 5.32 Å². The van der Waals surface area contributed by atoms with Gasteiger partial charge >= 0.3 is 5.97 Å². The van der Waals surface area contributed by atoms with Gasteiger partial charge in [0.1, 0.15) is 0 Å². The first-order valence-corrected chi connectivity index (χ1v) is 5.09. The molecule has 0 spiro atoms. The van der Waals surface area contributed by atoms with E-state index in [1.165, 1.54) is 0 Å². The van der Waals surface area contributed by atoms with Crippen LogP contribution >= 0.6 is 0 Å². The summed E-state index contributed by atoms with van der Waals surface area (Å²) in [5.41, 5.74) is 0. The van der Waals surface area contributed by atoms with Gasteiger partial charge in [-0.2, -0.15) is 0 Å². The Morgan fingerprint density at radius 1 is 1.20 bits per heavy atom. The number of allylic oxidation sites excluding steroid dienone is 4. The van der Waals surface area contributed by atoms with Crippen LogP contribution in [0.2, 0.25) is 0 Å². The van der Waals surface area contributed by atoms with E-state index in [0.717, 1.165) is 0 Å². The Balaban J connectivity index is 0.000000262. The molecule has 0 radical (unpaired) electrons. The van der Waals surface area contributed by atoms with Crippen LogP contribution in [0.15, 0.2) is 36.7 Å². The normalized spacial score (nSPS) is 12.5. The van der Waals surface area contributed by atoms with E-state index >= 15 is 0 Å². The van der Waals surface area contributed by atoms with Crippen molar-refractivity contribution in [3.05, 3.63) is 36.7 Å². The molecule has 1 rings (SSSR count). The first kappa shape index (κ1) is 13.5. The Morgan fingerprint density at radius 2 is 1.73 bits per heavy atom. The molecule has 84 valence electrons.